The molecule has 1 aliphatic rings. The van der Waals surface area contributed by atoms with Crippen LogP contribution in [0.5, 0.6) is 0 Å². The molecule has 0 saturated heterocycles. The second kappa shape index (κ2) is 4.57. The lowest BCUT2D eigenvalue weighted by Crippen LogP contribution is -2.17. The van der Waals surface area contributed by atoms with Gasteiger partial charge < -0.3 is 4.42 Å². The van der Waals surface area contributed by atoms with Gasteiger partial charge in [0.1, 0.15) is 0 Å². The fourth-order valence-electron chi connectivity index (χ4n) is 2.49. The average Bonchev–Trinajstić information content (AvgIpc) is 3.10. The Morgan fingerprint density at radius 2 is 2.14 bits per heavy atom. The molecule has 114 valence electrons. The van der Waals surface area contributed by atoms with Crippen molar-refractivity contribution in [1.82, 2.24) is 14.8 Å². The van der Waals surface area contributed by atoms with Crippen molar-refractivity contribution in [3.05, 3.63) is 30.9 Å². The molecule has 8 heteroatoms. The van der Waals surface area contributed by atoms with Crippen LogP contribution in [0.25, 0.3) is 22.2 Å². The van der Waals surface area contributed by atoms with Crippen molar-refractivity contribution in [2.45, 2.75) is 18.1 Å². The van der Waals surface area contributed by atoms with Crippen LogP contribution < -0.4 is 4.72 Å². The first-order chi connectivity index (χ1) is 10.5. The van der Waals surface area contributed by atoms with E-state index in [-0.39, 0.29) is 5.25 Å². The van der Waals surface area contributed by atoms with Gasteiger partial charge in [-0.05, 0) is 25.0 Å². The quantitative estimate of drug-likeness (QED) is 0.796. The Hall–Kier alpha value is -2.35. The molecular formula is C14H14N4O3S. The van der Waals surface area contributed by atoms with Gasteiger partial charge in [0.2, 0.25) is 10.0 Å². The molecule has 0 unspecified atom stereocenters. The molecule has 0 aliphatic heterocycles. The summed E-state index contributed by atoms with van der Waals surface area (Å²) < 4.78 is 34.0. The van der Waals surface area contributed by atoms with Crippen molar-refractivity contribution >= 4 is 26.6 Å². The lowest BCUT2D eigenvalue weighted by molar-refractivity contribution is 0.572. The normalized spacial score (nSPS) is 15.3. The van der Waals surface area contributed by atoms with Gasteiger partial charge in [0.05, 0.1) is 28.8 Å². The van der Waals surface area contributed by atoms with Crippen LogP contribution in [0.2, 0.25) is 0 Å². The SMILES string of the molecule is Cn1ncc2c(-c3cnco3)cc(NS(=O)(=O)C3CC3)cc21. The molecule has 2 aromatic heterocycles. The van der Waals surface area contributed by atoms with Crippen molar-refractivity contribution < 1.29 is 12.8 Å². The van der Waals surface area contributed by atoms with Gasteiger partial charge in [0.15, 0.2) is 12.2 Å². The Bertz CT molecular complexity index is 940. The maximum absolute atomic E-state index is 12.1. The third-order valence-electron chi connectivity index (χ3n) is 3.79. The summed E-state index contributed by atoms with van der Waals surface area (Å²) in [6.07, 6.45) is 6.11. The molecule has 4 rings (SSSR count). The summed E-state index contributed by atoms with van der Waals surface area (Å²) in [5.74, 6) is 0.575. The highest BCUT2D eigenvalue weighted by Gasteiger charge is 2.35. The van der Waals surface area contributed by atoms with Crippen molar-refractivity contribution in [3.8, 4) is 11.3 Å². The van der Waals surface area contributed by atoms with E-state index in [1.807, 2.05) is 7.05 Å². The van der Waals surface area contributed by atoms with Crippen LogP contribution in [-0.4, -0.2) is 28.4 Å². The lowest BCUT2D eigenvalue weighted by atomic mass is 10.1. The second-order valence-electron chi connectivity index (χ2n) is 5.44. The number of hydrogen-bond donors (Lipinski definition) is 1. The number of rotatable bonds is 4. The largest absolute Gasteiger partial charge is 0.443 e. The van der Waals surface area contributed by atoms with Crippen molar-refractivity contribution in [3.63, 3.8) is 0 Å². The van der Waals surface area contributed by atoms with Crippen molar-refractivity contribution in [2.75, 3.05) is 4.72 Å². The highest BCUT2D eigenvalue weighted by atomic mass is 32.2. The Morgan fingerprint density at radius 3 is 2.82 bits per heavy atom. The number of sulfonamides is 1. The summed E-state index contributed by atoms with van der Waals surface area (Å²) in [5.41, 5.74) is 2.09. The molecule has 0 amide bonds. The number of oxazole rings is 1. The van der Waals surface area contributed by atoms with Crippen LogP contribution in [0, 0.1) is 0 Å². The van der Waals surface area contributed by atoms with E-state index in [1.54, 1.807) is 29.2 Å². The number of anilines is 1. The highest BCUT2D eigenvalue weighted by molar-refractivity contribution is 7.93. The van der Waals surface area contributed by atoms with Crippen molar-refractivity contribution in [2.24, 2.45) is 7.05 Å². The zero-order valence-corrected chi connectivity index (χ0v) is 12.7. The summed E-state index contributed by atoms with van der Waals surface area (Å²) in [7, 11) is -1.51. The van der Waals surface area contributed by atoms with Crippen LogP contribution in [0.15, 0.2) is 35.3 Å². The van der Waals surface area contributed by atoms with Gasteiger partial charge >= 0.3 is 0 Å². The summed E-state index contributed by atoms with van der Waals surface area (Å²) in [4.78, 5) is 3.92. The Balaban J connectivity index is 1.87. The van der Waals surface area contributed by atoms with Gasteiger partial charge in [-0.2, -0.15) is 5.10 Å². The molecular weight excluding hydrogens is 304 g/mol. The Kier molecular flexibility index (Phi) is 2.77. The molecule has 0 atom stereocenters. The lowest BCUT2D eigenvalue weighted by Gasteiger charge is -2.09. The van der Waals surface area contributed by atoms with E-state index in [0.29, 0.717) is 11.4 Å². The zero-order chi connectivity index (χ0) is 15.3. The molecule has 0 radical (unpaired) electrons. The molecule has 1 N–H and O–H groups in total. The molecule has 0 spiro atoms. The first-order valence-corrected chi connectivity index (χ1v) is 8.45. The first kappa shape index (κ1) is 13.3. The van der Waals surface area contributed by atoms with Crippen molar-refractivity contribution in [1.29, 1.82) is 0 Å². The van der Waals surface area contributed by atoms with Crippen LogP contribution in [-0.2, 0) is 17.1 Å². The predicted molar refractivity (Wildman–Crippen MR) is 81.8 cm³/mol. The summed E-state index contributed by atoms with van der Waals surface area (Å²) in [6, 6.07) is 3.53. The van der Waals surface area contributed by atoms with Gasteiger partial charge in [-0.15, -0.1) is 0 Å². The van der Waals surface area contributed by atoms with Crippen LogP contribution in [0.1, 0.15) is 12.8 Å². The van der Waals surface area contributed by atoms with E-state index in [9.17, 15) is 8.42 Å². The molecule has 7 nitrogen and oxygen atoms in total. The molecule has 2 heterocycles. The molecule has 3 aromatic rings. The Morgan fingerprint density at radius 1 is 1.32 bits per heavy atom. The third-order valence-corrected chi connectivity index (χ3v) is 5.66. The second-order valence-corrected chi connectivity index (χ2v) is 7.40. The minimum atomic E-state index is -3.32. The van der Waals surface area contributed by atoms with E-state index in [2.05, 4.69) is 14.8 Å². The summed E-state index contributed by atoms with van der Waals surface area (Å²) in [5, 5.41) is 4.84. The van der Waals surface area contributed by atoms with E-state index < -0.39 is 10.0 Å². The minimum absolute atomic E-state index is 0.275. The number of hydrogen-bond acceptors (Lipinski definition) is 5. The maximum Gasteiger partial charge on any atom is 0.235 e. The fourth-order valence-corrected chi connectivity index (χ4v) is 3.86. The smallest absolute Gasteiger partial charge is 0.235 e. The molecule has 1 aromatic carbocycles. The number of fused-ring (bicyclic) bond motifs is 1. The number of nitrogens with zero attached hydrogens (tertiary/aromatic N) is 3. The van der Waals surface area contributed by atoms with Crippen LogP contribution in [0.3, 0.4) is 0 Å². The maximum atomic E-state index is 12.1. The van der Waals surface area contributed by atoms with Gasteiger partial charge in [-0.25, -0.2) is 13.4 Å². The topological polar surface area (TPSA) is 90.0 Å². The molecule has 1 aliphatic carbocycles. The standard InChI is InChI=1S/C14H14N4O3S/c1-18-13-5-9(17-22(19,20)10-2-3-10)4-11(12(13)6-16-18)14-7-15-8-21-14/h4-8,10,17H,2-3H2,1H3. The third kappa shape index (κ3) is 2.16. The summed E-state index contributed by atoms with van der Waals surface area (Å²) >= 11 is 0. The predicted octanol–water partition coefficient (Wildman–Crippen LogP) is 2.13. The van der Waals surface area contributed by atoms with E-state index in [1.165, 1.54) is 6.39 Å². The number of benzene rings is 1. The summed E-state index contributed by atoms with van der Waals surface area (Å²) in [6.45, 7) is 0. The number of aromatic nitrogens is 3. The van der Waals surface area contributed by atoms with Gasteiger partial charge in [0, 0.05) is 18.0 Å². The van der Waals surface area contributed by atoms with E-state index in [0.717, 1.165) is 29.3 Å². The van der Waals surface area contributed by atoms with E-state index >= 15 is 0 Å². The number of aryl methyl sites for hydroxylation is 1. The highest BCUT2D eigenvalue weighted by Crippen LogP contribution is 2.34. The Labute approximate surface area is 127 Å². The fraction of sp³-hybridized carbons (Fsp3) is 0.286. The van der Waals surface area contributed by atoms with Gasteiger partial charge in [0.25, 0.3) is 0 Å². The van der Waals surface area contributed by atoms with Gasteiger partial charge in [-0.1, -0.05) is 0 Å². The molecule has 1 saturated carbocycles. The minimum Gasteiger partial charge on any atom is -0.443 e. The van der Waals surface area contributed by atoms with Crippen LogP contribution >= 0.6 is 0 Å². The zero-order valence-electron chi connectivity index (χ0n) is 11.9. The number of nitrogens with one attached hydrogen (secondary N) is 1. The van der Waals surface area contributed by atoms with E-state index in [4.69, 9.17) is 4.42 Å². The first-order valence-electron chi connectivity index (χ1n) is 6.91. The molecule has 1 fully saturated rings. The molecule has 22 heavy (non-hydrogen) atoms. The van der Waals surface area contributed by atoms with Crippen LogP contribution in [0.4, 0.5) is 5.69 Å². The average molecular weight is 318 g/mol. The monoisotopic (exact) mass is 318 g/mol. The van der Waals surface area contributed by atoms with Gasteiger partial charge in [-0.3, -0.25) is 9.40 Å². The molecule has 0 bridgehead atoms.